The van der Waals surface area contributed by atoms with Gasteiger partial charge in [0.05, 0.1) is 19.3 Å². The van der Waals surface area contributed by atoms with Crippen molar-refractivity contribution in [2.45, 2.75) is 37.8 Å². The topological polar surface area (TPSA) is 59.6 Å². The molecule has 1 saturated carbocycles. The molecule has 0 heterocycles. The molecule has 1 aromatic carbocycles. The van der Waals surface area contributed by atoms with Crippen molar-refractivity contribution in [2.24, 2.45) is 0 Å². The number of rotatable bonds is 4. The van der Waals surface area contributed by atoms with E-state index in [1.807, 2.05) is 0 Å². The molecule has 0 aromatic heterocycles. The Kier molecular flexibility index (Phi) is 5.54. The molecule has 0 unspecified atom stereocenters. The molecule has 122 valence electrons. The molecule has 2 amide bonds. The Bertz CT molecular complexity index is 517. The van der Waals surface area contributed by atoms with Crippen molar-refractivity contribution in [3.63, 3.8) is 0 Å². The average Bonchev–Trinajstić information content (AvgIpc) is 2.47. The van der Waals surface area contributed by atoms with Gasteiger partial charge in [-0.3, -0.25) is 0 Å². The smallest absolute Gasteiger partial charge is 0.319 e. The van der Waals surface area contributed by atoms with Crippen LogP contribution in [0.5, 0.6) is 5.75 Å². The predicted molar refractivity (Wildman–Crippen MR) is 78.1 cm³/mol. The molecule has 1 aliphatic carbocycles. The summed E-state index contributed by atoms with van der Waals surface area (Å²) in [5.74, 6) is -2.21. The molecule has 2 atom stereocenters. The van der Waals surface area contributed by atoms with E-state index in [9.17, 15) is 13.6 Å². The SMILES string of the molecule is COc1c(F)cc(NC(=O)N[C@H]2CCCC[C@@H]2OC)cc1F. The minimum Gasteiger partial charge on any atom is -0.491 e. The molecule has 1 fully saturated rings. The molecule has 2 rings (SSSR count). The minimum absolute atomic E-state index is 0.0260. The molecule has 1 aliphatic rings. The van der Waals surface area contributed by atoms with Crippen LogP contribution >= 0.6 is 0 Å². The minimum atomic E-state index is -0.870. The average molecular weight is 314 g/mol. The number of hydrogen-bond donors (Lipinski definition) is 2. The number of carbonyl (C=O) groups is 1. The zero-order valence-electron chi connectivity index (χ0n) is 12.6. The fourth-order valence-corrected chi connectivity index (χ4v) is 2.71. The Hall–Kier alpha value is -1.89. The van der Waals surface area contributed by atoms with Crippen LogP contribution in [0.1, 0.15) is 25.7 Å². The summed E-state index contributed by atoms with van der Waals surface area (Å²) in [6.45, 7) is 0. The number of benzene rings is 1. The maximum atomic E-state index is 13.6. The van der Waals surface area contributed by atoms with Crippen LogP contribution in [0.3, 0.4) is 0 Å². The fraction of sp³-hybridized carbons (Fsp3) is 0.533. The third kappa shape index (κ3) is 3.85. The second-order valence-electron chi connectivity index (χ2n) is 5.24. The van der Waals surface area contributed by atoms with Crippen LogP contribution in [-0.2, 0) is 4.74 Å². The summed E-state index contributed by atoms with van der Waals surface area (Å²) in [6, 6.07) is 1.40. The van der Waals surface area contributed by atoms with Crippen LogP contribution in [-0.4, -0.2) is 32.4 Å². The van der Waals surface area contributed by atoms with Crippen LogP contribution in [0.15, 0.2) is 12.1 Å². The lowest BCUT2D eigenvalue weighted by molar-refractivity contribution is 0.0459. The van der Waals surface area contributed by atoms with Crippen molar-refractivity contribution in [2.75, 3.05) is 19.5 Å². The molecule has 22 heavy (non-hydrogen) atoms. The van der Waals surface area contributed by atoms with Gasteiger partial charge in [0, 0.05) is 24.9 Å². The lowest BCUT2D eigenvalue weighted by Gasteiger charge is -2.31. The molecule has 5 nitrogen and oxygen atoms in total. The van der Waals surface area contributed by atoms with Crippen molar-refractivity contribution < 1.29 is 23.0 Å². The number of carbonyl (C=O) groups excluding carboxylic acids is 1. The molecule has 1 aromatic rings. The predicted octanol–water partition coefficient (Wildman–Crippen LogP) is 3.05. The van der Waals surface area contributed by atoms with Crippen molar-refractivity contribution in [1.29, 1.82) is 0 Å². The largest absolute Gasteiger partial charge is 0.491 e. The summed E-state index contributed by atoms with van der Waals surface area (Å²) in [5, 5.41) is 5.21. The van der Waals surface area contributed by atoms with Gasteiger partial charge < -0.3 is 20.1 Å². The van der Waals surface area contributed by atoms with Gasteiger partial charge in [-0.2, -0.15) is 0 Å². The van der Waals surface area contributed by atoms with Crippen LogP contribution in [0.2, 0.25) is 0 Å². The van der Waals surface area contributed by atoms with Crippen LogP contribution in [0.25, 0.3) is 0 Å². The lowest BCUT2D eigenvalue weighted by atomic mass is 9.92. The molecule has 0 aliphatic heterocycles. The highest BCUT2D eigenvalue weighted by molar-refractivity contribution is 5.89. The van der Waals surface area contributed by atoms with E-state index in [2.05, 4.69) is 15.4 Å². The number of halogens is 2. The summed E-state index contributed by atoms with van der Waals surface area (Å²) >= 11 is 0. The number of hydrogen-bond acceptors (Lipinski definition) is 3. The summed E-state index contributed by atoms with van der Waals surface area (Å²) < 4.78 is 37.1. The number of methoxy groups -OCH3 is 2. The lowest BCUT2D eigenvalue weighted by Crippen LogP contribution is -2.47. The van der Waals surface area contributed by atoms with E-state index in [1.165, 1.54) is 7.11 Å². The van der Waals surface area contributed by atoms with E-state index in [-0.39, 0.29) is 17.8 Å². The highest BCUT2D eigenvalue weighted by Gasteiger charge is 2.26. The number of amides is 2. The molecule has 0 spiro atoms. The van der Waals surface area contributed by atoms with Gasteiger partial charge in [-0.05, 0) is 12.8 Å². The molecule has 2 N–H and O–H groups in total. The highest BCUT2D eigenvalue weighted by atomic mass is 19.1. The highest BCUT2D eigenvalue weighted by Crippen LogP contribution is 2.25. The van der Waals surface area contributed by atoms with Gasteiger partial charge >= 0.3 is 6.03 Å². The summed E-state index contributed by atoms with van der Waals surface area (Å²) in [6.07, 6.45) is 3.73. The van der Waals surface area contributed by atoms with Crippen molar-refractivity contribution in [1.82, 2.24) is 5.32 Å². The maximum Gasteiger partial charge on any atom is 0.319 e. The Morgan fingerprint density at radius 3 is 2.41 bits per heavy atom. The number of urea groups is 1. The molecule has 0 saturated heterocycles. The fourth-order valence-electron chi connectivity index (χ4n) is 2.71. The standard InChI is InChI=1S/C15H20F2N2O3/c1-21-13-6-4-3-5-12(13)19-15(20)18-9-7-10(16)14(22-2)11(17)8-9/h7-8,12-13H,3-6H2,1-2H3,(H2,18,19,20)/t12-,13-/m0/s1. The summed E-state index contributed by atoms with van der Waals surface area (Å²) in [7, 11) is 2.78. The van der Waals surface area contributed by atoms with Gasteiger partial charge in [0.2, 0.25) is 0 Å². The summed E-state index contributed by atoms with van der Waals surface area (Å²) in [5.41, 5.74) is 0.0260. The summed E-state index contributed by atoms with van der Waals surface area (Å²) in [4.78, 5) is 12.0. The van der Waals surface area contributed by atoms with Gasteiger partial charge in [0.1, 0.15) is 0 Å². The second-order valence-corrected chi connectivity index (χ2v) is 5.24. The number of anilines is 1. The number of nitrogens with one attached hydrogen (secondary N) is 2. The quantitative estimate of drug-likeness (QED) is 0.898. The first kappa shape index (κ1) is 16.5. The number of ether oxygens (including phenoxy) is 2. The van der Waals surface area contributed by atoms with E-state index >= 15 is 0 Å². The second kappa shape index (κ2) is 7.40. The zero-order valence-corrected chi connectivity index (χ0v) is 12.6. The Balaban J connectivity index is 2.00. The normalized spacial score (nSPS) is 21.3. The van der Waals surface area contributed by atoms with E-state index in [1.54, 1.807) is 7.11 Å². The molecular formula is C15H20F2N2O3. The van der Waals surface area contributed by atoms with Crippen molar-refractivity contribution in [3.8, 4) is 5.75 Å². The van der Waals surface area contributed by atoms with Gasteiger partial charge in [-0.15, -0.1) is 0 Å². The van der Waals surface area contributed by atoms with Crippen LogP contribution in [0.4, 0.5) is 19.3 Å². The third-order valence-corrected chi connectivity index (χ3v) is 3.78. The van der Waals surface area contributed by atoms with Crippen molar-refractivity contribution in [3.05, 3.63) is 23.8 Å². The van der Waals surface area contributed by atoms with E-state index < -0.39 is 23.4 Å². The Morgan fingerprint density at radius 1 is 1.18 bits per heavy atom. The van der Waals surface area contributed by atoms with E-state index in [0.717, 1.165) is 37.8 Å². The van der Waals surface area contributed by atoms with Gasteiger partial charge in [-0.1, -0.05) is 12.8 Å². The van der Waals surface area contributed by atoms with Crippen LogP contribution < -0.4 is 15.4 Å². The maximum absolute atomic E-state index is 13.6. The van der Waals surface area contributed by atoms with Gasteiger partial charge in [-0.25, -0.2) is 13.6 Å². The van der Waals surface area contributed by atoms with Gasteiger partial charge in [0.25, 0.3) is 0 Å². The monoisotopic (exact) mass is 314 g/mol. The molecule has 7 heteroatoms. The molecular weight excluding hydrogens is 294 g/mol. The first-order valence-electron chi connectivity index (χ1n) is 7.18. The molecule has 0 radical (unpaired) electrons. The third-order valence-electron chi connectivity index (χ3n) is 3.78. The first-order valence-corrected chi connectivity index (χ1v) is 7.18. The van der Waals surface area contributed by atoms with E-state index in [4.69, 9.17) is 4.74 Å². The van der Waals surface area contributed by atoms with E-state index in [0.29, 0.717) is 0 Å². The molecule has 0 bridgehead atoms. The first-order chi connectivity index (χ1) is 10.5. The van der Waals surface area contributed by atoms with Crippen molar-refractivity contribution >= 4 is 11.7 Å². The zero-order chi connectivity index (χ0) is 16.1. The Morgan fingerprint density at radius 2 is 1.82 bits per heavy atom. The van der Waals surface area contributed by atoms with Gasteiger partial charge in [0.15, 0.2) is 17.4 Å². The Labute approximate surface area is 128 Å². The van der Waals surface area contributed by atoms with Crippen LogP contribution in [0, 0.1) is 11.6 Å².